The van der Waals surface area contributed by atoms with Gasteiger partial charge in [0.15, 0.2) is 0 Å². The van der Waals surface area contributed by atoms with E-state index in [9.17, 15) is 9.59 Å². The Kier molecular flexibility index (Phi) is 4.96. The number of rotatable bonds is 5. The number of benzene rings is 1. The first-order chi connectivity index (χ1) is 10.1. The van der Waals surface area contributed by atoms with Crippen molar-refractivity contribution in [2.24, 2.45) is 5.41 Å². The summed E-state index contributed by atoms with van der Waals surface area (Å²) in [6.07, 6.45) is 2.72. The zero-order valence-corrected chi connectivity index (χ0v) is 12.7. The van der Waals surface area contributed by atoms with Crippen LogP contribution in [0.15, 0.2) is 24.3 Å². The molecule has 0 aromatic heterocycles. The van der Waals surface area contributed by atoms with Crippen molar-refractivity contribution in [3.63, 3.8) is 0 Å². The molecule has 0 aliphatic carbocycles. The fraction of sp³-hybridized carbons (Fsp3) is 0.500. The molecule has 2 rings (SSSR count). The summed E-state index contributed by atoms with van der Waals surface area (Å²) in [4.78, 5) is 24.3. The van der Waals surface area contributed by atoms with E-state index in [2.05, 4.69) is 22.9 Å². The SMILES string of the molecule is CCCC1(C(=O)Nc2cccc(C(=O)NC)c2)CCNC1. The van der Waals surface area contributed by atoms with E-state index in [-0.39, 0.29) is 17.2 Å². The molecule has 1 unspecified atom stereocenters. The van der Waals surface area contributed by atoms with E-state index in [4.69, 9.17) is 0 Å². The molecular weight excluding hydrogens is 266 g/mol. The Hall–Kier alpha value is -1.88. The van der Waals surface area contributed by atoms with Gasteiger partial charge in [-0.2, -0.15) is 0 Å². The number of nitrogens with one attached hydrogen (secondary N) is 3. The molecule has 1 fully saturated rings. The zero-order chi connectivity index (χ0) is 15.3. The van der Waals surface area contributed by atoms with Crippen molar-refractivity contribution in [1.29, 1.82) is 0 Å². The average molecular weight is 289 g/mol. The summed E-state index contributed by atoms with van der Waals surface area (Å²) in [6.45, 7) is 3.70. The van der Waals surface area contributed by atoms with Gasteiger partial charge in [0.1, 0.15) is 0 Å². The highest BCUT2D eigenvalue weighted by Gasteiger charge is 2.40. The van der Waals surface area contributed by atoms with Crippen LogP contribution in [0.3, 0.4) is 0 Å². The number of anilines is 1. The molecule has 21 heavy (non-hydrogen) atoms. The number of hydrogen-bond donors (Lipinski definition) is 3. The Labute approximate surface area is 125 Å². The van der Waals surface area contributed by atoms with Crippen molar-refractivity contribution in [1.82, 2.24) is 10.6 Å². The molecule has 1 aliphatic heterocycles. The second-order valence-electron chi connectivity index (χ2n) is 5.57. The van der Waals surface area contributed by atoms with Gasteiger partial charge in [0.2, 0.25) is 5.91 Å². The standard InChI is InChI=1S/C16H23N3O2/c1-3-7-16(8-9-18-11-16)15(21)19-13-6-4-5-12(10-13)14(20)17-2/h4-6,10,18H,3,7-9,11H2,1-2H3,(H,17,20)(H,19,21). The van der Waals surface area contributed by atoms with Crippen LogP contribution in [0.4, 0.5) is 5.69 Å². The first-order valence-corrected chi connectivity index (χ1v) is 7.45. The van der Waals surface area contributed by atoms with Crippen LogP contribution < -0.4 is 16.0 Å². The van der Waals surface area contributed by atoms with E-state index >= 15 is 0 Å². The van der Waals surface area contributed by atoms with Gasteiger partial charge in [0, 0.05) is 24.8 Å². The molecule has 5 nitrogen and oxygen atoms in total. The van der Waals surface area contributed by atoms with Gasteiger partial charge in [-0.15, -0.1) is 0 Å². The lowest BCUT2D eigenvalue weighted by molar-refractivity contribution is -0.125. The van der Waals surface area contributed by atoms with E-state index in [1.54, 1.807) is 25.2 Å². The van der Waals surface area contributed by atoms with Gasteiger partial charge in [-0.25, -0.2) is 0 Å². The van der Waals surface area contributed by atoms with Gasteiger partial charge < -0.3 is 16.0 Å². The molecule has 1 aliphatic rings. The fourth-order valence-electron chi connectivity index (χ4n) is 2.89. The van der Waals surface area contributed by atoms with Gasteiger partial charge >= 0.3 is 0 Å². The number of amides is 2. The molecular formula is C16H23N3O2. The first-order valence-electron chi connectivity index (χ1n) is 7.45. The molecule has 5 heteroatoms. The molecule has 1 aromatic rings. The maximum atomic E-state index is 12.6. The first kappa shape index (κ1) is 15.5. The highest BCUT2D eigenvalue weighted by Crippen LogP contribution is 2.32. The molecule has 3 N–H and O–H groups in total. The molecule has 0 bridgehead atoms. The predicted octanol–water partition coefficient (Wildman–Crippen LogP) is 1.76. The summed E-state index contributed by atoms with van der Waals surface area (Å²) >= 11 is 0. The van der Waals surface area contributed by atoms with Crippen LogP contribution >= 0.6 is 0 Å². The van der Waals surface area contributed by atoms with Gasteiger partial charge in [0.05, 0.1) is 5.41 Å². The van der Waals surface area contributed by atoms with Crippen LogP contribution in [-0.4, -0.2) is 32.0 Å². The molecule has 1 aromatic carbocycles. The van der Waals surface area contributed by atoms with Crippen LogP contribution in [0.1, 0.15) is 36.5 Å². The third kappa shape index (κ3) is 3.42. The fourth-order valence-corrected chi connectivity index (χ4v) is 2.89. The van der Waals surface area contributed by atoms with Crippen LogP contribution in [0.5, 0.6) is 0 Å². The summed E-state index contributed by atoms with van der Waals surface area (Å²) in [7, 11) is 1.59. The van der Waals surface area contributed by atoms with Crippen LogP contribution in [0.25, 0.3) is 0 Å². The van der Waals surface area contributed by atoms with Crippen molar-refractivity contribution in [2.45, 2.75) is 26.2 Å². The summed E-state index contributed by atoms with van der Waals surface area (Å²) in [5, 5.41) is 8.83. The molecule has 0 saturated carbocycles. The van der Waals surface area contributed by atoms with Crippen LogP contribution in [-0.2, 0) is 4.79 Å². The quantitative estimate of drug-likeness (QED) is 0.773. The Morgan fingerprint density at radius 2 is 2.19 bits per heavy atom. The van der Waals surface area contributed by atoms with E-state index in [1.807, 2.05) is 6.07 Å². The number of carbonyl (C=O) groups excluding carboxylic acids is 2. The summed E-state index contributed by atoms with van der Waals surface area (Å²) < 4.78 is 0. The van der Waals surface area contributed by atoms with Crippen molar-refractivity contribution < 1.29 is 9.59 Å². The second-order valence-corrected chi connectivity index (χ2v) is 5.57. The van der Waals surface area contributed by atoms with Crippen molar-refractivity contribution in [3.8, 4) is 0 Å². The third-order valence-corrected chi connectivity index (χ3v) is 4.06. The Morgan fingerprint density at radius 3 is 2.81 bits per heavy atom. The molecule has 114 valence electrons. The maximum absolute atomic E-state index is 12.6. The molecule has 0 radical (unpaired) electrons. The Balaban J connectivity index is 2.13. The van der Waals surface area contributed by atoms with E-state index in [0.29, 0.717) is 11.3 Å². The van der Waals surface area contributed by atoms with Crippen molar-refractivity contribution in [3.05, 3.63) is 29.8 Å². The van der Waals surface area contributed by atoms with Gasteiger partial charge in [-0.05, 0) is 37.6 Å². The lowest BCUT2D eigenvalue weighted by atomic mass is 9.81. The molecule has 2 amide bonds. The average Bonchev–Trinajstić information content (AvgIpc) is 2.97. The normalized spacial score (nSPS) is 21.0. The number of carbonyl (C=O) groups is 2. The van der Waals surface area contributed by atoms with Gasteiger partial charge in [-0.1, -0.05) is 19.4 Å². The number of hydrogen-bond acceptors (Lipinski definition) is 3. The van der Waals surface area contributed by atoms with E-state index < -0.39 is 0 Å². The smallest absolute Gasteiger partial charge is 0.251 e. The molecule has 1 atom stereocenters. The van der Waals surface area contributed by atoms with Crippen LogP contribution in [0, 0.1) is 5.41 Å². The minimum absolute atomic E-state index is 0.0448. The lowest BCUT2D eigenvalue weighted by Crippen LogP contribution is -2.38. The summed E-state index contributed by atoms with van der Waals surface area (Å²) in [5.74, 6) is -0.111. The highest BCUT2D eigenvalue weighted by atomic mass is 16.2. The minimum atomic E-state index is -0.322. The highest BCUT2D eigenvalue weighted by molar-refractivity contribution is 5.98. The maximum Gasteiger partial charge on any atom is 0.251 e. The van der Waals surface area contributed by atoms with Crippen molar-refractivity contribution in [2.75, 3.05) is 25.5 Å². The third-order valence-electron chi connectivity index (χ3n) is 4.06. The molecule has 1 saturated heterocycles. The Morgan fingerprint density at radius 1 is 1.38 bits per heavy atom. The van der Waals surface area contributed by atoms with Gasteiger partial charge in [0.25, 0.3) is 5.91 Å². The van der Waals surface area contributed by atoms with Gasteiger partial charge in [-0.3, -0.25) is 9.59 Å². The monoisotopic (exact) mass is 289 g/mol. The summed E-state index contributed by atoms with van der Waals surface area (Å²) in [6, 6.07) is 7.03. The van der Waals surface area contributed by atoms with E-state index in [1.165, 1.54) is 0 Å². The molecule has 0 spiro atoms. The predicted molar refractivity (Wildman–Crippen MR) is 83.3 cm³/mol. The van der Waals surface area contributed by atoms with E-state index in [0.717, 1.165) is 32.4 Å². The largest absolute Gasteiger partial charge is 0.355 e. The zero-order valence-electron chi connectivity index (χ0n) is 12.7. The lowest BCUT2D eigenvalue weighted by Gasteiger charge is -2.26. The molecule has 1 heterocycles. The second kappa shape index (κ2) is 6.72. The van der Waals surface area contributed by atoms with Crippen LogP contribution in [0.2, 0.25) is 0 Å². The topological polar surface area (TPSA) is 70.2 Å². The van der Waals surface area contributed by atoms with Crippen molar-refractivity contribution >= 4 is 17.5 Å². The minimum Gasteiger partial charge on any atom is -0.355 e. The summed E-state index contributed by atoms with van der Waals surface area (Å²) in [5.41, 5.74) is 0.894. The Bertz CT molecular complexity index is 522.